The second-order valence-corrected chi connectivity index (χ2v) is 5.97. The van der Waals surface area contributed by atoms with Crippen molar-refractivity contribution in [3.8, 4) is 0 Å². The Morgan fingerprint density at radius 3 is 2.58 bits per heavy atom. The molecule has 26 heavy (non-hydrogen) atoms. The summed E-state index contributed by atoms with van der Waals surface area (Å²) in [5.74, 6) is -1.37. The number of aryl methyl sites for hydroxylation is 1. The number of anilines is 1. The number of carbonyl (C=O) groups is 2. The van der Waals surface area contributed by atoms with Crippen molar-refractivity contribution in [2.45, 2.75) is 26.9 Å². The summed E-state index contributed by atoms with van der Waals surface area (Å²) in [5.41, 5.74) is 3.40. The summed E-state index contributed by atoms with van der Waals surface area (Å²) in [4.78, 5) is 23.1. The van der Waals surface area contributed by atoms with Gasteiger partial charge in [0, 0.05) is 6.20 Å². The lowest BCUT2D eigenvalue weighted by molar-refractivity contribution is -0.116. The third kappa shape index (κ3) is 3.80. The maximum atomic E-state index is 12.3. The molecular weight excluding hydrogens is 334 g/mol. The van der Waals surface area contributed by atoms with Crippen LogP contribution in [0.1, 0.15) is 27.3 Å². The Morgan fingerprint density at radius 2 is 1.92 bits per heavy atom. The van der Waals surface area contributed by atoms with Gasteiger partial charge in [-0.25, -0.2) is 4.79 Å². The number of nitrogens with one attached hydrogen (secondary N) is 1. The number of aromatic carboxylic acids is 1. The van der Waals surface area contributed by atoms with E-state index in [1.807, 2.05) is 48.9 Å². The highest BCUT2D eigenvalue weighted by Gasteiger charge is 2.15. The number of carbonyl (C=O) groups excluding carboxylic acids is 1. The van der Waals surface area contributed by atoms with Gasteiger partial charge in [-0.3, -0.25) is 14.2 Å². The number of carboxylic acid groups (broad SMARTS) is 1. The first kappa shape index (κ1) is 17.4. The number of amides is 1. The fraction of sp³-hybridized carbons (Fsp3) is 0.222. The predicted octanol–water partition coefficient (Wildman–Crippen LogP) is 2.08. The maximum Gasteiger partial charge on any atom is 0.338 e. The van der Waals surface area contributed by atoms with Gasteiger partial charge in [0.15, 0.2) is 0 Å². The van der Waals surface area contributed by atoms with Gasteiger partial charge in [-0.15, -0.1) is 0 Å². The smallest absolute Gasteiger partial charge is 0.338 e. The number of carboxylic acids is 1. The third-order valence-corrected chi connectivity index (χ3v) is 4.01. The molecule has 0 aliphatic heterocycles. The molecule has 1 aromatic carbocycles. The molecular formula is C18H19N5O3. The average Bonchev–Trinajstić information content (AvgIpc) is 3.17. The molecule has 0 aliphatic carbocycles. The van der Waals surface area contributed by atoms with Crippen molar-refractivity contribution in [2.75, 3.05) is 5.32 Å². The molecule has 0 unspecified atom stereocenters. The van der Waals surface area contributed by atoms with Crippen molar-refractivity contribution in [1.29, 1.82) is 0 Å². The summed E-state index contributed by atoms with van der Waals surface area (Å²) in [6.45, 7) is 4.27. The molecule has 8 heteroatoms. The Kier molecular flexibility index (Phi) is 4.83. The lowest BCUT2D eigenvalue weighted by Gasteiger charge is -2.07. The van der Waals surface area contributed by atoms with Gasteiger partial charge in [-0.1, -0.05) is 30.3 Å². The molecule has 1 amide bonds. The fourth-order valence-corrected chi connectivity index (χ4v) is 2.67. The minimum absolute atomic E-state index is 0.0424. The van der Waals surface area contributed by atoms with Gasteiger partial charge in [0.25, 0.3) is 0 Å². The zero-order valence-electron chi connectivity index (χ0n) is 14.5. The van der Waals surface area contributed by atoms with Crippen LogP contribution in [0.3, 0.4) is 0 Å². The fourth-order valence-electron chi connectivity index (χ4n) is 2.67. The Balaban J connectivity index is 1.71. The zero-order chi connectivity index (χ0) is 18.7. The van der Waals surface area contributed by atoms with Crippen LogP contribution in [0.4, 0.5) is 5.69 Å². The van der Waals surface area contributed by atoms with E-state index >= 15 is 0 Å². The monoisotopic (exact) mass is 353 g/mol. The van der Waals surface area contributed by atoms with Crippen molar-refractivity contribution >= 4 is 17.6 Å². The molecule has 8 nitrogen and oxygen atoms in total. The van der Waals surface area contributed by atoms with Crippen LogP contribution in [0.2, 0.25) is 0 Å². The van der Waals surface area contributed by atoms with E-state index in [-0.39, 0.29) is 18.0 Å². The van der Waals surface area contributed by atoms with Gasteiger partial charge < -0.3 is 10.4 Å². The van der Waals surface area contributed by atoms with Gasteiger partial charge in [0.1, 0.15) is 6.54 Å². The number of hydrogen-bond donors (Lipinski definition) is 2. The van der Waals surface area contributed by atoms with E-state index in [4.69, 9.17) is 5.11 Å². The molecule has 0 spiro atoms. The van der Waals surface area contributed by atoms with Crippen molar-refractivity contribution < 1.29 is 14.7 Å². The molecule has 0 saturated carbocycles. The summed E-state index contributed by atoms with van der Waals surface area (Å²) in [6, 6.07) is 9.94. The van der Waals surface area contributed by atoms with Crippen LogP contribution in [0.15, 0.2) is 42.7 Å². The molecule has 0 saturated heterocycles. The number of aromatic nitrogens is 4. The number of benzene rings is 1. The Morgan fingerprint density at radius 1 is 1.19 bits per heavy atom. The van der Waals surface area contributed by atoms with Crippen molar-refractivity contribution in [1.82, 2.24) is 19.6 Å². The minimum atomic E-state index is -1.08. The van der Waals surface area contributed by atoms with Crippen LogP contribution >= 0.6 is 0 Å². The Bertz CT molecular complexity index is 943. The van der Waals surface area contributed by atoms with Gasteiger partial charge >= 0.3 is 5.97 Å². The molecule has 134 valence electrons. The molecule has 0 aliphatic rings. The minimum Gasteiger partial charge on any atom is -0.478 e. The van der Waals surface area contributed by atoms with E-state index in [1.54, 1.807) is 0 Å². The summed E-state index contributed by atoms with van der Waals surface area (Å²) in [5, 5.41) is 20.1. The maximum absolute atomic E-state index is 12.3. The molecule has 2 heterocycles. The van der Waals surface area contributed by atoms with Crippen molar-refractivity contribution in [3.05, 3.63) is 65.2 Å². The van der Waals surface area contributed by atoms with E-state index in [2.05, 4.69) is 15.5 Å². The lowest BCUT2D eigenvalue weighted by Crippen LogP contribution is -2.20. The molecule has 0 radical (unpaired) electrons. The second-order valence-electron chi connectivity index (χ2n) is 5.97. The summed E-state index contributed by atoms with van der Waals surface area (Å²) in [7, 11) is 0. The first-order valence-electron chi connectivity index (χ1n) is 8.07. The van der Waals surface area contributed by atoms with Crippen LogP contribution in [0, 0.1) is 13.8 Å². The van der Waals surface area contributed by atoms with Crippen LogP contribution < -0.4 is 5.32 Å². The highest BCUT2D eigenvalue weighted by Crippen LogP contribution is 2.20. The first-order chi connectivity index (χ1) is 12.4. The summed E-state index contributed by atoms with van der Waals surface area (Å²) >= 11 is 0. The van der Waals surface area contributed by atoms with Crippen LogP contribution in [-0.4, -0.2) is 36.5 Å². The van der Waals surface area contributed by atoms with E-state index in [9.17, 15) is 9.59 Å². The molecule has 0 bridgehead atoms. The summed E-state index contributed by atoms with van der Waals surface area (Å²) < 4.78 is 3.13. The number of rotatable bonds is 6. The molecule has 3 aromatic rings. The van der Waals surface area contributed by atoms with Crippen LogP contribution in [0.25, 0.3) is 0 Å². The van der Waals surface area contributed by atoms with Crippen molar-refractivity contribution in [3.63, 3.8) is 0 Å². The van der Waals surface area contributed by atoms with E-state index in [1.165, 1.54) is 17.1 Å². The largest absolute Gasteiger partial charge is 0.478 e. The predicted molar refractivity (Wildman–Crippen MR) is 95.1 cm³/mol. The topological polar surface area (TPSA) is 102 Å². The number of nitrogens with zero attached hydrogens (tertiary/aromatic N) is 4. The quantitative estimate of drug-likeness (QED) is 0.706. The lowest BCUT2D eigenvalue weighted by atomic mass is 10.2. The van der Waals surface area contributed by atoms with Gasteiger partial charge in [0.2, 0.25) is 5.91 Å². The summed E-state index contributed by atoms with van der Waals surface area (Å²) in [6.07, 6.45) is 2.53. The molecule has 0 fully saturated rings. The van der Waals surface area contributed by atoms with E-state index in [0.717, 1.165) is 17.0 Å². The highest BCUT2D eigenvalue weighted by atomic mass is 16.4. The molecule has 3 rings (SSSR count). The second kappa shape index (κ2) is 7.22. The van der Waals surface area contributed by atoms with Crippen LogP contribution in [0.5, 0.6) is 0 Å². The highest BCUT2D eigenvalue weighted by molar-refractivity contribution is 5.92. The standard InChI is InChI=1S/C18H19N5O3/c1-12-17(13(2)23(21-12)9-14-6-4-3-5-7-14)20-16(24)11-22-10-15(8-19-22)18(25)26/h3-8,10H,9,11H2,1-2H3,(H,20,24)(H,25,26). The average molecular weight is 353 g/mol. The van der Waals surface area contributed by atoms with Gasteiger partial charge in [-0.05, 0) is 19.4 Å². The molecule has 0 atom stereocenters. The molecule has 2 aromatic heterocycles. The molecule has 2 N–H and O–H groups in total. The first-order valence-corrected chi connectivity index (χ1v) is 8.07. The van der Waals surface area contributed by atoms with Crippen molar-refractivity contribution in [2.24, 2.45) is 0 Å². The third-order valence-electron chi connectivity index (χ3n) is 4.01. The normalized spacial score (nSPS) is 10.7. The Hall–Kier alpha value is -3.42. The zero-order valence-corrected chi connectivity index (χ0v) is 14.5. The number of hydrogen-bond acceptors (Lipinski definition) is 4. The van der Waals surface area contributed by atoms with Crippen LogP contribution in [-0.2, 0) is 17.9 Å². The van der Waals surface area contributed by atoms with Gasteiger partial charge in [-0.2, -0.15) is 10.2 Å². The van der Waals surface area contributed by atoms with E-state index < -0.39 is 5.97 Å². The SMILES string of the molecule is Cc1nn(Cc2ccccc2)c(C)c1NC(=O)Cn1cc(C(=O)O)cn1. The van der Waals surface area contributed by atoms with Gasteiger partial charge in [0.05, 0.1) is 35.4 Å². The Labute approximate surface area is 150 Å². The van der Waals surface area contributed by atoms with E-state index in [0.29, 0.717) is 12.2 Å².